The van der Waals surface area contributed by atoms with E-state index in [2.05, 4.69) is 17.3 Å². The van der Waals surface area contributed by atoms with Gasteiger partial charge in [-0.3, -0.25) is 24.7 Å². The lowest BCUT2D eigenvalue weighted by Gasteiger charge is -2.27. The Morgan fingerprint density at radius 3 is 2.55 bits per heavy atom. The number of benzene rings is 1. The molecule has 1 aliphatic rings. The zero-order chi connectivity index (χ0) is 24.0. The molecule has 33 heavy (non-hydrogen) atoms. The molecule has 0 unspecified atom stereocenters. The van der Waals surface area contributed by atoms with Crippen LogP contribution in [0.25, 0.3) is 0 Å². The van der Waals surface area contributed by atoms with Gasteiger partial charge in [-0.05, 0) is 44.5 Å². The third-order valence-corrected chi connectivity index (χ3v) is 6.29. The van der Waals surface area contributed by atoms with Crippen LogP contribution in [0.4, 0.5) is 10.8 Å². The van der Waals surface area contributed by atoms with E-state index in [-0.39, 0.29) is 37.2 Å². The number of aryl methyl sites for hydroxylation is 1. The first-order valence-electron chi connectivity index (χ1n) is 11.0. The standard InChI is InChI=1S/C23H28N4O5S/c1-4-6-7-14-26(23-24-15(3)20(33-23)22(31)32-5-2)21(30)16-8-10-17(11-9-16)27-19(29)13-12-18(28)25-27/h8-11H,4-7,12-14H2,1-3H3,(H,25,28). The van der Waals surface area contributed by atoms with Gasteiger partial charge in [-0.15, -0.1) is 0 Å². The van der Waals surface area contributed by atoms with E-state index in [1.54, 1.807) is 43.0 Å². The van der Waals surface area contributed by atoms with Gasteiger partial charge in [0.1, 0.15) is 4.88 Å². The fourth-order valence-corrected chi connectivity index (χ4v) is 4.37. The van der Waals surface area contributed by atoms with Crippen molar-refractivity contribution in [2.75, 3.05) is 23.1 Å². The van der Waals surface area contributed by atoms with Crippen molar-refractivity contribution >= 4 is 45.8 Å². The Hall–Kier alpha value is -3.27. The van der Waals surface area contributed by atoms with Crippen LogP contribution in [0.2, 0.25) is 0 Å². The summed E-state index contributed by atoms with van der Waals surface area (Å²) >= 11 is 1.14. The van der Waals surface area contributed by atoms with Crippen LogP contribution in [-0.4, -0.2) is 41.8 Å². The molecule has 0 bridgehead atoms. The van der Waals surface area contributed by atoms with Crippen molar-refractivity contribution in [3.63, 3.8) is 0 Å². The van der Waals surface area contributed by atoms with Crippen LogP contribution in [0.5, 0.6) is 0 Å². The normalized spacial score (nSPS) is 13.6. The number of hydrazine groups is 1. The lowest BCUT2D eigenvalue weighted by Crippen LogP contribution is -2.50. The first-order valence-corrected chi connectivity index (χ1v) is 11.9. The number of carbonyl (C=O) groups is 4. The SMILES string of the molecule is CCCCCN(C(=O)c1ccc(N2NC(=O)CCC2=O)cc1)c1nc(C)c(C(=O)OCC)s1. The van der Waals surface area contributed by atoms with Crippen LogP contribution in [0.1, 0.15) is 71.7 Å². The average Bonchev–Trinajstić information content (AvgIpc) is 3.19. The van der Waals surface area contributed by atoms with Crippen molar-refractivity contribution in [2.24, 2.45) is 0 Å². The topological polar surface area (TPSA) is 109 Å². The van der Waals surface area contributed by atoms with Gasteiger partial charge in [0.15, 0.2) is 5.13 Å². The summed E-state index contributed by atoms with van der Waals surface area (Å²) in [5.74, 6) is -1.14. The molecule has 0 atom stereocenters. The molecule has 0 aliphatic carbocycles. The summed E-state index contributed by atoms with van der Waals surface area (Å²) in [6.07, 6.45) is 3.05. The number of aromatic nitrogens is 1. The number of rotatable bonds is 9. The monoisotopic (exact) mass is 472 g/mol. The number of esters is 1. The molecule has 1 aliphatic heterocycles. The predicted molar refractivity (Wildman–Crippen MR) is 125 cm³/mol. The summed E-state index contributed by atoms with van der Waals surface area (Å²) < 4.78 is 5.10. The summed E-state index contributed by atoms with van der Waals surface area (Å²) in [7, 11) is 0. The first-order chi connectivity index (χ1) is 15.8. The second-order valence-corrected chi connectivity index (χ2v) is 8.58. The maximum Gasteiger partial charge on any atom is 0.350 e. The van der Waals surface area contributed by atoms with Gasteiger partial charge in [-0.2, -0.15) is 0 Å². The molecular weight excluding hydrogens is 444 g/mol. The Morgan fingerprint density at radius 1 is 1.15 bits per heavy atom. The lowest BCUT2D eigenvalue weighted by atomic mass is 10.1. The highest BCUT2D eigenvalue weighted by Gasteiger charge is 2.27. The highest BCUT2D eigenvalue weighted by atomic mass is 32.1. The maximum absolute atomic E-state index is 13.4. The number of carbonyl (C=O) groups excluding carboxylic acids is 4. The van der Waals surface area contributed by atoms with Crippen LogP contribution in [0.3, 0.4) is 0 Å². The van der Waals surface area contributed by atoms with Gasteiger partial charge in [-0.25, -0.2) is 14.8 Å². The van der Waals surface area contributed by atoms with Crippen LogP contribution in [0.15, 0.2) is 24.3 Å². The smallest absolute Gasteiger partial charge is 0.350 e. The number of nitrogens with one attached hydrogen (secondary N) is 1. The van der Waals surface area contributed by atoms with E-state index in [1.165, 1.54) is 5.01 Å². The molecule has 10 heteroatoms. The van der Waals surface area contributed by atoms with Gasteiger partial charge in [-0.1, -0.05) is 31.1 Å². The molecule has 1 aromatic heterocycles. The van der Waals surface area contributed by atoms with Crippen LogP contribution < -0.4 is 15.3 Å². The summed E-state index contributed by atoms with van der Waals surface area (Å²) in [5.41, 5.74) is 3.96. The summed E-state index contributed by atoms with van der Waals surface area (Å²) in [4.78, 5) is 55.8. The third kappa shape index (κ3) is 5.75. The van der Waals surface area contributed by atoms with Crippen molar-refractivity contribution in [3.8, 4) is 0 Å². The van der Waals surface area contributed by atoms with E-state index in [1.807, 2.05) is 0 Å². The molecule has 0 radical (unpaired) electrons. The van der Waals surface area contributed by atoms with E-state index in [0.717, 1.165) is 30.6 Å². The van der Waals surface area contributed by atoms with E-state index in [4.69, 9.17) is 4.74 Å². The van der Waals surface area contributed by atoms with E-state index in [0.29, 0.717) is 33.5 Å². The van der Waals surface area contributed by atoms with Crippen LogP contribution in [-0.2, 0) is 14.3 Å². The van der Waals surface area contributed by atoms with Gasteiger partial charge in [0.2, 0.25) is 11.8 Å². The highest BCUT2D eigenvalue weighted by Crippen LogP contribution is 2.29. The second-order valence-electron chi connectivity index (χ2n) is 7.61. The van der Waals surface area contributed by atoms with E-state index in [9.17, 15) is 19.2 Å². The number of ether oxygens (including phenoxy) is 1. The Balaban J connectivity index is 1.85. The van der Waals surface area contributed by atoms with Crippen molar-refractivity contribution in [3.05, 3.63) is 40.4 Å². The fraction of sp³-hybridized carbons (Fsp3) is 0.435. The summed E-state index contributed by atoms with van der Waals surface area (Å²) in [5, 5.41) is 1.65. The predicted octanol–water partition coefficient (Wildman–Crippen LogP) is 3.62. The van der Waals surface area contributed by atoms with Gasteiger partial charge < -0.3 is 4.74 Å². The maximum atomic E-state index is 13.4. The number of unbranched alkanes of at least 4 members (excludes halogenated alkanes) is 2. The molecule has 9 nitrogen and oxygen atoms in total. The molecule has 2 heterocycles. The van der Waals surface area contributed by atoms with E-state index < -0.39 is 5.97 Å². The van der Waals surface area contributed by atoms with E-state index >= 15 is 0 Å². The van der Waals surface area contributed by atoms with Crippen molar-refractivity contribution < 1.29 is 23.9 Å². The number of hydrogen-bond donors (Lipinski definition) is 1. The summed E-state index contributed by atoms with van der Waals surface area (Å²) in [6, 6.07) is 6.48. The van der Waals surface area contributed by atoms with Gasteiger partial charge >= 0.3 is 5.97 Å². The lowest BCUT2D eigenvalue weighted by molar-refractivity contribution is -0.130. The molecule has 3 rings (SSSR count). The molecule has 1 aromatic carbocycles. The van der Waals surface area contributed by atoms with Gasteiger partial charge in [0.25, 0.3) is 5.91 Å². The minimum atomic E-state index is -0.447. The molecule has 0 spiro atoms. The second kappa shape index (κ2) is 11.0. The highest BCUT2D eigenvalue weighted by molar-refractivity contribution is 7.17. The van der Waals surface area contributed by atoms with Gasteiger partial charge in [0.05, 0.1) is 18.0 Å². The molecule has 2 aromatic rings. The first kappa shape index (κ1) is 24.4. The van der Waals surface area contributed by atoms with Crippen LogP contribution >= 0.6 is 11.3 Å². The Bertz CT molecular complexity index is 1030. The third-order valence-electron chi connectivity index (χ3n) is 5.13. The Morgan fingerprint density at radius 2 is 1.88 bits per heavy atom. The molecule has 1 saturated heterocycles. The van der Waals surface area contributed by atoms with Gasteiger partial charge in [0, 0.05) is 24.9 Å². The summed E-state index contributed by atoms with van der Waals surface area (Å²) in [6.45, 7) is 6.27. The quantitative estimate of drug-likeness (QED) is 0.441. The number of anilines is 2. The zero-order valence-electron chi connectivity index (χ0n) is 19.1. The number of hydrogen-bond acceptors (Lipinski definition) is 7. The largest absolute Gasteiger partial charge is 0.462 e. The van der Waals surface area contributed by atoms with Crippen molar-refractivity contribution in [1.82, 2.24) is 10.4 Å². The van der Waals surface area contributed by atoms with Crippen molar-refractivity contribution in [2.45, 2.75) is 52.9 Å². The molecule has 176 valence electrons. The molecule has 3 amide bonds. The number of nitrogens with zero attached hydrogens (tertiary/aromatic N) is 3. The molecule has 1 N–H and O–H groups in total. The average molecular weight is 473 g/mol. The zero-order valence-corrected chi connectivity index (χ0v) is 19.9. The molecular formula is C23H28N4O5S. The minimum absolute atomic E-state index is 0.143. The van der Waals surface area contributed by atoms with Crippen LogP contribution in [0, 0.1) is 6.92 Å². The Labute approximate surface area is 196 Å². The number of amides is 3. The Kier molecular flexibility index (Phi) is 8.16. The molecule has 0 saturated carbocycles. The fourth-order valence-electron chi connectivity index (χ4n) is 3.38. The molecule has 1 fully saturated rings. The number of thiazole rings is 1. The minimum Gasteiger partial charge on any atom is -0.462 e. The van der Waals surface area contributed by atoms with Crippen molar-refractivity contribution in [1.29, 1.82) is 0 Å².